The summed E-state index contributed by atoms with van der Waals surface area (Å²) in [4.78, 5) is 18.4. The number of benzene rings is 3. The summed E-state index contributed by atoms with van der Waals surface area (Å²) in [6.45, 7) is 7.24. The van der Waals surface area contributed by atoms with Crippen LogP contribution in [0.25, 0.3) is 0 Å². The summed E-state index contributed by atoms with van der Waals surface area (Å²) in [5.41, 5.74) is 4.64. The Labute approximate surface area is 189 Å². The molecule has 160 valence electrons. The molecule has 3 aromatic carbocycles. The number of aryl methyl sites for hydroxylation is 1. The van der Waals surface area contributed by atoms with Crippen molar-refractivity contribution in [2.24, 2.45) is 0 Å². The third kappa shape index (κ3) is 6.12. The van der Waals surface area contributed by atoms with E-state index in [1.807, 2.05) is 24.3 Å². The number of nitrogens with one attached hydrogen (secondary N) is 1. The molecule has 0 bridgehead atoms. The minimum Gasteiger partial charge on any atom is -0.369 e. The number of nitrogens with zero attached hydrogens (tertiary/aromatic N) is 2. The summed E-state index contributed by atoms with van der Waals surface area (Å²) < 4.78 is 0. The lowest BCUT2D eigenvalue weighted by Gasteiger charge is -2.36. The molecule has 0 aliphatic carbocycles. The summed E-state index contributed by atoms with van der Waals surface area (Å²) in [7, 11) is 0. The Morgan fingerprint density at radius 1 is 0.871 bits per heavy atom. The van der Waals surface area contributed by atoms with E-state index in [1.54, 1.807) is 11.8 Å². The van der Waals surface area contributed by atoms with Crippen LogP contribution in [0, 0.1) is 6.92 Å². The molecule has 1 amide bonds. The number of hydrogen-bond acceptors (Lipinski definition) is 4. The van der Waals surface area contributed by atoms with Crippen LogP contribution >= 0.6 is 11.8 Å². The maximum absolute atomic E-state index is 12.3. The fourth-order valence-corrected chi connectivity index (χ4v) is 4.65. The predicted octanol–water partition coefficient (Wildman–Crippen LogP) is 5.05. The Morgan fingerprint density at radius 3 is 2.26 bits per heavy atom. The van der Waals surface area contributed by atoms with E-state index in [4.69, 9.17) is 0 Å². The van der Waals surface area contributed by atoms with E-state index in [9.17, 15) is 4.79 Å². The molecule has 0 unspecified atom stereocenters. The van der Waals surface area contributed by atoms with Crippen molar-refractivity contribution in [3.63, 3.8) is 0 Å². The maximum atomic E-state index is 12.3. The lowest BCUT2D eigenvalue weighted by molar-refractivity contribution is -0.113. The SMILES string of the molecule is Cc1ccccc1SCC(=O)Nc1ccc(N2CCN(Cc3ccccc3)CC2)cc1. The van der Waals surface area contributed by atoms with Crippen LogP contribution in [0.5, 0.6) is 0 Å². The number of amides is 1. The molecule has 0 aromatic heterocycles. The van der Waals surface area contributed by atoms with Crippen molar-refractivity contribution in [1.29, 1.82) is 0 Å². The zero-order valence-corrected chi connectivity index (χ0v) is 18.8. The van der Waals surface area contributed by atoms with Crippen LogP contribution in [-0.2, 0) is 11.3 Å². The largest absolute Gasteiger partial charge is 0.369 e. The van der Waals surface area contributed by atoms with Gasteiger partial charge in [0, 0.05) is 49.0 Å². The summed E-state index contributed by atoms with van der Waals surface area (Å²) in [5.74, 6) is 0.436. The normalized spacial score (nSPS) is 14.4. The van der Waals surface area contributed by atoms with Crippen molar-refractivity contribution in [2.75, 3.05) is 42.1 Å². The topological polar surface area (TPSA) is 35.6 Å². The number of carbonyl (C=O) groups excluding carboxylic acids is 1. The predicted molar refractivity (Wildman–Crippen MR) is 131 cm³/mol. The molecule has 0 atom stereocenters. The Bertz CT molecular complexity index is 983. The van der Waals surface area contributed by atoms with Crippen molar-refractivity contribution < 1.29 is 4.79 Å². The molecule has 4 nitrogen and oxygen atoms in total. The number of hydrogen-bond donors (Lipinski definition) is 1. The Morgan fingerprint density at radius 2 is 1.55 bits per heavy atom. The first kappa shape index (κ1) is 21.5. The van der Waals surface area contributed by atoms with Gasteiger partial charge >= 0.3 is 0 Å². The lowest BCUT2D eigenvalue weighted by atomic mass is 10.2. The molecule has 5 heteroatoms. The highest BCUT2D eigenvalue weighted by molar-refractivity contribution is 8.00. The standard InChI is InChI=1S/C26H29N3OS/c1-21-7-5-6-10-25(21)31-20-26(30)27-23-11-13-24(14-12-23)29-17-15-28(16-18-29)19-22-8-3-2-4-9-22/h2-14H,15-20H2,1H3,(H,27,30). The smallest absolute Gasteiger partial charge is 0.234 e. The zero-order valence-electron chi connectivity index (χ0n) is 18.0. The fourth-order valence-electron chi connectivity index (χ4n) is 3.82. The van der Waals surface area contributed by atoms with Crippen molar-refractivity contribution in [3.8, 4) is 0 Å². The van der Waals surface area contributed by atoms with Crippen molar-refractivity contribution in [1.82, 2.24) is 4.90 Å². The van der Waals surface area contributed by atoms with Gasteiger partial charge in [0.2, 0.25) is 5.91 Å². The van der Waals surface area contributed by atoms with E-state index >= 15 is 0 Å². The number of anilines is 2. The van der Waals surface area contributed by atoms with Crippen molar-refractivity contribution >= 4 is 29.0 Å². The quantitative estimate of drug-likeness (QED) is 0.531. The minimum atomic E-state index is 0.0236. The van der Waals surface area contributed by atoms with Gasteiger partial charge in [0.15, 0.2) is 0 Å². The third-order valence-electron chi connectivity index (χ3n) is 5.59. The Balaban J connectivity index is 1.24. The molecule has 4 rings (SSSR count). The monoisotopic (exact) mass is 431 g/mol. The first-order valence-electron chi connectivity index (χ1n) is 10.8. The van der Waals surface area contributed by atoms with E-state index in [0.29, 0.717) is 5.75 Å². The third-order valence-corrected chi connectivity index (χ3v) is 6.77. The van der Waals surface area contributed by atoms with Crippen LogP contribution < -0.4 is 10.2 Å². The van der Waals surface area contributed by atoms with Gasteiger partial charge in [-0.05, 0) is 48.4 Å². The number of piperazine rings is 1. The molecule has 1 aliphatic heterocycles. The van der Waals surface area contributed by atoms with Crippen molar-refractivity contribution in [3.05, 3.63) is 90.0 Å². The minimum absolute atomic E-state index is 0.0236. The van der Waals surface area contributed by atoms with Gasteiger partial charge in [-0.1, -0.05) is 48.5 Å². The summed E-state index contributed by atoms with van der Waals surface area (Å²) in [6.07, 6.45) is 0. The fraction of sp³-hybridized carbons (Fsp3) is 0.269. The Kier molecular flexibility index (Phi) is 7.28. The molecule has 1 heterocycles. The van der Waals surface area contributed by atoms with Gasteiger partial charge in [0.25, 0.3) is 0 Å². The highest BCUT2D eigenvalue weighted by Gasteiger charge is 2.17. The van der Waals surface area contributed by atoms with Gasteiger partial charge in [0.1, 0.15) is 0 Å². The second kappa shape index (κ2) is 10.5. The van der Waals surface area contributed by atoms with Crippen LogP contribution in [0.15, 0.2) is 83.8 Å². The van der Waals surface area contributed by atoms with Gasteiger partial charge in [0.05, 0.1) is 5.75 Å². The van der Waals surface area contributed by atoms with E-state index in [-0.39, 0.29) is 5.91 Å². The molecular formula is C26H29N3OS. The van der Waals surface area contributed by atoms with Gasteiger partial charge < -0.3 is 10.2 Å². The number of carbonyl (C=O) groups is 1. The van der Waals surface area contributed by atoms with E-state index in [0.717, 1.165) is 43.3 Å². The van der Waals surface area contributed by atoms with Crippen LogP contribution in [0.3, 0.4) is 0 Å². The first-order valence-corrected chi connectivity index (χ1v) is 11.8. The van der Waals surface area contributed by atoms with Crippen LogP contribution in [0.2, 0.25) is 0 Å². The molecule has 31 heavy (non-hydrogen) atoms. The highest BCUT2D eigenvalue weighted by Crippen LogP contribution is 2.23. The number of thioether (sulfide) groups is 1. The molecule has 3 aromatic rings. The van der Waals surface area contributed by atoms with E-state index in [2.05, 4.69) is 76.6 Å². The molecule has 0 spiro atoms. The molecule has 1 saturated heterocycles. The second-order valence-electron chi connectivity index (χ2n) is 7.90. The van der Waals surface area contributed by atoms with Gasteiger partial charge in [-0.3, -0.25) is 9.69 Å². The molecule has 1 N–H and O–H groups in total. The molecule has 0 saturated carbocycles. The lowest BCUT2D eigenvalue weighted by Crippen LogP contribution is -2.45. The number of rotatable bonds is 7. The van der Waals surface area contributed by atoms with Crippen LogP contribution in [0.1, 0.15) is 11.1 Å². The van der Waals surface area contributed by atoms with Crippen molar-refractivity contribution in [2.45, 2.75) is 18.4 Å². The van der Waals surface area contributed by atoms with Gasteiger partial charge in [-0.2, -0.15) is 0 Å². The van der Waals surface area contributed by atoms with Crippen LogP contribution in [0.4, 0.5) is 11.4 Å². The Hall–Kier alpha value is -2.76. The zero-order chi connectivity index (χ0) is 21.5. The average molecular weight is 432 g/mol. The molecule has 1 aliphatic rings. The average Bonchev–Trinajstić information content (AvgIpc) is 2.80. The van der Waals surface area contributed by atoms with Gasteiger partial charge in [-0.25, -0.2) is 0 Å². The molecule has 1 fully saturated rings. The van der Waals surface area contributed by atoms with Gasteiger partial charge in [-0.15, -0.1) is 11.8 Å². The van der Waals surface area contributed by atoms with E-state index in [1.165, 1.54) is 16.8 Å². The second-order valence-corrected chi connectivity index (χ2v) is 8.92. The first-order chi connectivity index (χ1) is 15.2. The van der Waals surface area contributed by atoms with E-state index < -0.39 is 0 Å². The molecular weight excluding hydrogens is 402 g/mol. The summed E-state index contributed by atoms with van der Waals surface area (Å²) in [5, 5.41) is 3.01. The maximum Gasteiger partial charge on any atom is 0.234 e. The van der Waals surface area contributed by atoms with Crippen LogP contribution in [-0.4, -0.2) is 42.7 Å². The summed E-state index contributed by atoms with van der Waals surface area (Å²) in [6, 6.07) is 27.0. The molecule has 0 radical (unpaired) electrons. The summed E-state index contributed by atoms with van der Waals surface area (Å²) >= 11 is 1.58. The highest BCUT2D eigenvalue weighted by atomic mass is 32.2.